The van der Waals surface area contributed by atoms with Gasteiger partial charge in [-0.15, -0.1) is 5.10 Å². The lowest BCUT2D eigenvalue weighted by atomic mass is 10.1. The zero-order valence-corrected chi connectivity index (χ0v) is 13.0. The number of benzene rings is 1. The van der Waals surface area contributed by atoms with E-state index in [0.29, 0.717) is 5.95 Å². The van der Waals surface area contributed by atoms with E-state index < -0.39 is 0 Å². The SMILES string of the molecule is Cc1cc(Nc2nc3cccc(-c4cccc(O)c4)n3n2)ccn1. The highest BCUT2D eigenvalue weighted by molar-refractivity contribution is 5.65. The van der Waals surface area contributed by atoms with E-state index in [-0.39, 0.29) is 5.75 Å². The molecule has 0 saturated carbocycles. The van der Waals surface area contributed by atoms with Crippen molar-refractivity contribution >= 4 is 17.3 Å². The number of nitrogens with one attached hydrogen (secondary N) is 1. The van der Waals surface area contributed by atoms with E-state index in [1.165, 1.54) is 0 Å². The lowest BCUT2D eigenvalue weighted by molar-refractivity contribution is 0.475. The van der Waals surface area contributed by atoms with E-state index in [9.17, 15) is 5.11 Å². The Morgan fingerprint density at radius 2 is 1.92 bits per heavy atom. The number of nitrogens with zero attached hydrogens (tertiary/aromatic N) is 4. The van der Waals surface area contributed by atoms with Crippen LogP contribution in [0.2, 0.25) is 0 Å². The second-order valence-corrected chi connectivity index (χ2v) is 5.48. The molecule has 0 aliphatic rings. The molecular weight excluding hydrogens is 302 g/mol. The molecule has 0 fully saturated rings. The minimum atomic E-state index is 0.218. The van der Waals surface area contributed by atoms with Gasteiger partial charge in [0.1, 0.15) is 5.75 Å². The number of aryl methyl sites for hydroxylation is 1. The van der Waals surface area contributed by atoms with Gasteiger partial charge in [0.25, 0.3) is 0 Å². The number of phenolic OH excluding ortho intramolecular Hbond substituents is 1. The summed E-state index contributed by atoms with van der Waals surface area (Å²) in [6.07, 6.45) is 1.74. The van der Waals surface area contributed by atoms with Crippen LogP contribution >= 0.6 is 0 Å². The van der Waals surface area contributed by atoms with Crippen molar-refractivity contribution in [3.63, 3.8) is 0 Å². The van der Waals surface area contributed by atoms with E-state index in [4.69, 9.17) is 0 Å². The van der Waals surface area contributed by atoms with Crippen LogP contribution in [0.3, 0.4) is 0 Å². The molecule has 0 bridgehead atoms. The first kappa shape index (κ1) is 14.2. The molecule has 0 radical (unpaired) electrons. The predicted octanol–water partition coefficient (Wildman–Crippen LogP) is 3.55. The Morgan fingerprint density at radius 1 is 1.04 bits per heavy atom. The molecule has 4 rings (SSSR count). The molecule has 0 spiro atoms. The Labute approximate surface area is 138 Å². The summed E-state index contributed by atoms with van der Waals surface area (Å²) < 4.78 is 1.76. The number of pyridine rings is 2. The maximum Gasteiger partial charge on any atom is 0.247 e. The zero-order valence-electron chi connectivity index (χ0n) is 13.0. The molecule has 0 atom stereocenters. The van der Waals surface area contributed by atoms with Gasteiger partial charge in [-0.05, 0) is 43.3 Å². The highest BCUT2D eigenvalue weighted by Gasteiger charge is 2.09. The third-order valence-corrected chi connectivity index (χ3v) is 3.65. The van der Waals surface area contributed by atoms with Crippen LogP contribution < -0.4 is 5.32 Å². The van der Waals surface area contributed by atoms with E-state index in [0.717, 1.165) is 28.3 Å². The van der Waals surface area contributed by atoms with Gasteiger partial charge >= 0.3 is 0 Å². The second kappa shape index (κ2) is 5.66. The summed E-state index contributed by atoms with van der Waals surface area (Å²) in [6.45, 7) is 1.93. The molecule has 0 aliphatic carbocycles. The molecule has 6 heteroatoms. The Balaban J connectivity index is 1.77. The maximum atomic E-state index is 9.71. The maximum absolute atomic E-state index is 9.71. The van der Waals surface area contributed by atoms with Crippen LogP contribution in [-0.2, 0) is 0 Å². The topological polar surface area (TPSA) is 75.3 Å². The molecule has 0 amide bonds. The van der Waals surface area contributed by atoms with E-state index >= 15 is 0 Å². The summed E-state index contributed by atoms with van der Waals surface area (Å²) in [5.41, 5.74) is 4.26. The Hall–Kier alpha value is -3.41. The summed E-state index contributed by atoms with van der Waals surface area (Å²) in [7, 11) is 0. The molecule has 2 N–H and O–H groups in total. The summed E-state index contributed by atoms with van der Waals surface area (Å²) >= 11 is 0. The normalized spacial score (nSPS) is 10.9. The number of phenols is 1. The smallest absolute Gasteiger partial charge is 0.247 e. The fourth-order valence-electron chi connectivity index (χ4n) is 2.59. The van der Waals surface area contributed by atoms with Gasteiger partial charge in [0.15, 0.2) is 5.65 Å². The van der Waals surface area contributed by atoms with Gasteiger partial charge in [-0.25, -0.2) is 4.52 Å². The first-order valence-corrected chi connectivity index (χ1v) is 7.54. The van der Waals surface area contributed by atoms with Gasteiger partial charge in [0.2, 0.25) is 5.95 Å². The minimum Gasteiger partial charge on any atom is -0.508 e. The fourth-order valence-corrected chi connectivity index (χ4v) is 2.59. The Bertz CT molecular complexity index is 1020. The minimum absolute atomic E-state index is 0.218. The monoisotopic (exact) mass is 317 g/mol. The number of hydrogen-bond donors (Lipinski definition) is 2. The molecule has 24 heavy (non-hydrogen) atoms. The van der Waals surface area contributed by atoms with Crippen molar-refractivity contribution in [3.05, 3.63) is 66.5 Å². The van der Waals surface area contributed by atoms with Crippen molar-refractivity contribution in [1.82, 2.24) is 19.6 Å². The number of rotatable bonds is 3. The Kier molecular flexibility index (Phi) is 3.35. The van der Waals surface area contributed by atoms with Gasteiger partial charge in [0.05, 0.1) is 5.69 Å². The van der Waals surface area contributed by atoms with Crippen LogP contribution in [0.1, 0.15) is 5.69 Å². The van der Waals surface area contributed by atoms with Crippen molar-refractivity contribution in [2.45, 2.75) is 6.92 Å². The second-order valence-electron chi connectivity index (χ2n) is 5.48. The molecule has 0 saturated heterocycles. The largest absolute Gasteiger partial charge is 0.508 e. The number of fused-ring (bicyclic) bond motifs is 1. The van der Waals surface area contributed by atoms with Crippen LogP contribution in [-0.4, -0.2) is 24.7 Å². The van der Waals surface area contributed by atoms with Crippen LogP contribution in [0.15, 0.2) is 60.8 Å². The summed E-state index contributed by atoms with van der Waals surface area (Å²) in [4.78, 5) is 8.68. The molecular formula is C18H15N5O. The first-order valence-electron chi connectivity index (χ1n) is 7.54. The third-order valence-electron chi connectivity index (χ3n) is 3.65. The van der Waals surface area contributed by atoms with Crippen molar-refractivity contribution in [2.24, 2.45) is 0 Å². The van der Waals surface area contributed by atoms with E-state index in [1.54, 1.807) is 28.9 Å². The van der Waals surface area contributed by atoms with Crippen molar-refractivity contribution in [2.75, 3.05) is 5.32 Å². The highest BCUT2D eigenvalue weighted by atomic mass is 16.3. The zero-order chi connectivity index (χ0) is 16.5. The lowest BCUT2D eigenvalue weighted by Gasteiger charge is -2.04. The number of aromatic nitrogens is 4. The van der Waals surface area contributed by atoms with Crippen molar-refractivity contribution < 1.29 is 5.11 Å². The average Bonchev–Trinajstić information content (AvgIpc) is 2.97. The fraction of sp³-hybridized carbons (Fsp3) is 0.0556. The van der Waals surface area contributed by atoms with Crippen LogP contribution in [0.5, 0.6) is 5.75 Å². The van der Waals surface area contributed by atoms with Gasteiger partial charge in [0, 0.05) is 23.1 Å². The average molecular weight is 317 g/mol. The highest BCUT2D eigenvalue weighted by Crippen LogP contribution is 2.24. The van der Waals surface area contributed by atoms with Crippen LogP contribution in [0.25, 0.3) is 16.9 Å². The van der Waals surface area contributed by atoms with Gasteiger partial charge < -0.3 is 10.4 Å². The molecule has 1 aromatic carbocycles. The lowest BCUT2D eigenvalue weighted by Crippen LogP contribution is -1.96. The summed E-state index contributed by atoms with van der Waals surface area (Å²) in [5.74, 6) is 0.725. The van der Waals surface area contributed by atoms with E-state index in [2.05, 4.69) is 20.4 Å². The first-order chi connectivity index (χ1) is 11.7. The van der Waals surface area contributed by atoms with Crippen molar-refractivity contribution in [1.29, 1.82) is 0 Å². The van der Waals surface area contributed by atoms with Gasteiger partial charge in [-0.2, -0.15) is 4.98 Å². The summed E-state index contributed by atoms with van der Waals surface area (Å²) in [6, 6.07) is 16.6. The van der Waals surface area contributed by atoms with Crippen LogP contribution in [0, 0.1) is 6.92 Å². The molecule has 3 heterocycles. The molecule has 6 nitrogen and oxygen atoms in total. The number of anilines is 2. The van der Waals surface area contributed by atoms with Crippen LogP contribution in [0.4, 0.5) is 11.6 Å². The molecule has 4 aromatic rings. The Morgan fingerprint density at radius 3 is 2.75 bits per heavy atom. The van der Waals surface area contributed by atoms with Crippen molar-refractivity contribution in [3.8, 4) is 17.0 Å². The number of hydrogen-bond acceptors (Lipinski definition) is 5. The molecule has 0 aliphatic heterocycles. The molecule has 0 unspecified atom stereocenters. The van der Waals surface area contributed by atoms with Gasteiger partial charge in [-0.1, -0.05) is 18.2 Å². The molecule has 3 aromatic heterocycles. The number of aromatic hydroxyl groups is 1. The quantitative estimate of drug-likeness (QED) is 0.604. The standard InChI is InChI=1S/C18H15N5O/c1-12-10-14(8-9-19-12)20-18-21-17-7-3-6-16(23(17)22-18)13-4-2-5-15(24)11-13/h2-11,24H,1H3,(H,19,20,22). The van der Waals surface area contributed by atoms with Gasteiger partial charge in [-0.3, -0.25) is 4.98 Å². The predicted molar refractivity (Wildman–Crippen MR) is 92.3 cm³/mol. The molecule has 118 valence electrons. The van der Waals surface area contributed by atoms with E-state index in [1.807, 2.05) is 43.3 Å². The third kappa shape index (κ3) is 2.65. The summed E-state index contributed by atoms with van der Waals surface area (Å²) in [5, 5.41) is 17.4.